The molecule has 0 aliphatic heterocycles. The Balaban J connectivity index is 2.54. The molecule has 0 saturated carbocycles. The van der Waals surface area contributed by atoms with E-state index in [-0.39, 0.29) is 6.54 Å². The SMILES string of the molecule is CCCC(C)(NC(=O)NCc1nncn1C)C(=O)O. The second-order valence-electron chi connectivity index (χ2n) is 4.55. The molecule has 8 nitrogen and oxygen atoms in total. The van der Waals surface area contributed by atoms with E-state index in [4.69, 9.17) is 5.11 Å². The largest absolute Gasteiger partial charge is 0.480 e. The van der Waals surface area contributed by atoms with E-state index in [1.54, 1.807) is 11.6 Å². The first-order valence-electron chi connectivity index (χ1n) is 6.01. The fourth-order valence-electron chi connectivity index (χ4n) is 1.64. The van der Waals surface area contributed by atoms with E-state index in [0.29, 0.717) is 18.7 Å². The van der Waals surface area contributed by atoms with Gasteiger partial charge in [0.05, 0.1) is 6.54 Å². The van der Waals surface area contributed by atoms with Crippen molar-refractivity contribution in [3.8, 4) is 0 Å². The molecular formula is C11H19N5O3. The van der Waals surface area contributed by atoms with Gasteiger partial charge < -0.3 is 20.3 Å². The van der Waals surface area contributed by atoms with Crippen molar-refractivity contribution >= 4 is 12.0 Å². The number of aromatic nitrogens is 3. The number of carbonyl (C=O) groups excluding carboxylic acids is 1. The molecule has 2 amide bonds. The van der Waals surface area contributed by atoms with E-state index in [1.807, 2.05) is 6.92 Å². The fraction of sp³-hybridized carbons (Fsp3) is 0.636. The third-order valence-corrected chi connectivity index (χ3v) is 2.82. The second-order valence-corrected chi connectivity index (χ2v) is 4.55. The number of urea groups is 1. The van der Waals surface area contributed by atoms with Crippen LogP contribution in [0.25, 0.3) is 0 Å². The molecule has 1 aromatic heterocycles. The molecule has 1 heterocycles. The summed E-state index contributed by atoms with van der Waals surface area (Å²) >= 11 is 0. The van der Waals surface area contributed by atoms with Gasteiger partial charge in [-0.1, -0.05) is 13.3 Å². The average molecular weight is 269 g/mol. The first kappa shape index (κ1) is 14.9. The first-order valence-corrected chi connectivity index (χ1v) is 6.01. The van der Waals surface area contributed by atoms with E-state index >= 15 is 0 Å². The van der Waals surface area contributed by atoms with Crippen LogP contribution in [0.4, 0.5) is 4.79 Å². The van der Waals surface area contributed by atoms with Crippen LogP contribution in [0.3, 0.4) is 0 Å². The highest BCUT2D eigenvalue weighted by molar-refractivity contribution is 5.85. The molecule has 3 N–H and O–H groups in total. The van der Waals surface area contributed by atoms with Gasteiger partial charge in [0.15, 0.2) is 5.82 Å². The Hall–Kier alpha value is -2.12. The molecule has 0 aliphatic carbocycles. The van der Waals surface area contributed by atoms with Crippen LogP contribution in [0.1, 0.15) is 32.5 Å². The summed E-state index contributed by atoms with van der Waals surface area (Å²) in [7, 11) is 1.76. The number of carbonyl (C=O) groups is 2. The first-order chi connectivity index (χ1) is 8.89. The molecule has 106 valence electrons. The number of amides is 2. The molecule has 0 aromatic carbocycles. The number of aliphatic carboxylic acids is 1. The van der Waals surface area contributed by atoms with Crippen molar-refractivity contribution in [2.45, 2.75) is 38.8 Å². The molecule has 1 aromatic rings. The van der Waals surface area contributed by atoms with Gasteiger partial charge in [-0.15, -0.1) is 10.2 Å². The van der Waals surface area contributed by atoms with E-state index in [2.05, 4.69) is 20.8 Å². The summed E-state index contributed by atoms with van der Waals surface area (Å²) in [5, 5.41) is 21.7. The van der Waals surface area contributed by atoms with Crippen molar-refractivity contribution in [1.82, 2.24) is 25.4 Å². The molecule has 0 bridgehead atoms. The quantitative estimate of drug-likeness (QED) is 0.686. The molecule has 1 unspecified atom stereocenters. The molecule has 0 fully saturated rings. The van der Waals surface area contributed by atoms with Gasteiger partial charge in [-0.05, 0) is 13.3 Å². The summed E-state index contributed by atoms with van der Waals surface area (Å²) in [6.45, 7) is 3.53. The van der Waals surface area contributed by atoms with Crippen LogP contribution in [0, 0.1) is 0 Å². The molecule has 1 atom stereocenters. The molecule has 8 heteroatoms. The lowest BCUT2D eigenvalue weighted by molar-refractivity contribution is -0.144. The van der Waals surface area contributed by atoms with Crippen molar-refractivity contribution in [3.05, 3.63) is 12.2 Å². The zero-order valence-electron chi connectivity index (χ0n) is 11.3. The van der Waals surface area contributed by atoms with Crippen LogP contribution in [0.5, 0.6) is 0 Å². The highest BCUT2D eigenvalue weighted by Crippen LogP contribution is 2.12. The minimum absolute atomic E-state index is 0.185. The molecule has 19 heavy (non-hydrogen) atoms. The Kier molecular flexibility index (Phi) is 4.85. The zero-order chi connectivity index (χ0) is 14.5. The Morgan fingerprint density at radius 1 is 1.53 bits per heavy atom. The van der Waals surface area contributed by atoms with Crippen molar-refractivity contribution in [2.75, 3.05) is 0 Å². The van der Waals surface area contributed by atoms with E-state index in [9.17, 15) is 9.59 Å². The normalized spacial score (nSPS) is 13.6. The number of nitrogens with zero attached hydrogens (tertiary/aromatic N) is 3. The topological polar surface area (TPSA) is 109 Å². The average Bonchev–Trinajstić information content (AvgIpc) is 2.72. The number of hydrogen-bond donors (Lipinski definition) is 3. The summed E-state index contributed by atoms with van der Waals surface area (Å²) in [6.07, 6.45) is 2.54. The summed E-state index contributed by atoms with van der Waals surface area (Å²) in [6, 6.07) is -0.540. The second kappa shape index (κ2) is 6.17. The summed E-state index contributed by atoms with van der Waals surface area (Å²) in [5.41, 5.74) is -1.27. The minimum Gasteiger partial charge on any atom is -0.480 e. The van der Waals surface area contributed by atoms with Crippen LogP contribution < -0.4 is 10.6 Å². The summed E-state index contributed by atoms with van der Waals surface area (Å²) in [5.74, 6) is -0.467. The van der Waals surface area contributed by atoms with Gasteiger partial charge in [-0.25, -0.2) is 9.59 Å². The third kappa shape index (κ3) is 3.94. The van der Waals surface area contributed by atoms with Crippen molar-refractivity contribution in [3.63, 3.8) is 0 Å². The highest BCUT2D eigenvalue weighted by Gasteiger charge is 2.33. The number of hydrogen-bond acceptors (Lipinski definition) is 4. The van der Waals surface area contributed by atoms with Gasteiger partial charge in [0.1, 0.15) is 11.9 Å². The van der Waals surface area contributed by atoms with Crippen LogP contribution in [-0.4, -0.2) is 37.4 Å². The number of carboxylic acid groups (broad SMARTS) is 1. The fourth-order valence-corrected chi connectivity index (χ4v) is 1.64. The highest BCUT2D eigenvalue weighted by atomic mass is 16.4. The standard InChI is InChI=1S/C11H19N5O3/c1-4-5-11(2,9(17)18)14-10(19)12-6-8-15-13-7-16(8)3/h7H,4-6H2,1-3H3,(H,17,18)(H2,12,14,19). The van der Waals surface area contributed by atoms with Gasteiger partial charge in [-0.2, -0.15) is 0 Å². The maximum Gasteiger partial charge on any atom is 0.329 e. The number of rotatable bonds is 6. The summed E-state index contributed by atoms with van der Waals surface area (Å²) in [4.78, 5) is 22.9. The third-order valence-electron chi connectivity index (χ3n) is 2.82. The maximum atomic E-state index is 11.7. The molecule has 0 spiro atoms. The Labute approximate surface area is 111 Å². The predicted octanol–water partition coefficient (Wildman–Crippen LogP) is 0.258. The van der Waals surface area contributed by atoms with Crippen LogP contribution in [0.2, 0.25) is 0 Å². The van der Waals surface area contributed by atoms with E-state index in [0.717, 1.165) is 0 Å². The molecule has 0 aliphatic rings. The number of nitrogens with one attached hydrogen (secondary N) is 2. The Bertz CT molecular complexity index is 459. The van der Waals surface area contributed by atoms with E-state index in [1.165, 1.54) is 13.3 Å². The van der Waals surface area contributed by atoms with Crippen LogP contribution >= 0.6 is 0 Å². The van der Waals surface area contributed by atoms with Crippen LogP contribution in [0.15, 0.2) is 6.33 Å². The maximum absolute atomic E-state index is 11.7. The molecule has 0 saturated heterocycles. The Morgan fingerprint density at radius 2 is 2.21 bits per heavy atom. The lowest BCUT2D eigenvalue weighted by Crippen LogP contribution is -2.55. The Morgan fingerprint density at radius 3 is 2.68 bits per heavy atom. The van der Waals surface area contributed by atoms with Crippen LogP contribution in [-0.2, 0) is 18.4 Å². The molecular weight excluding hydrogens is 250 g/mol. The lowest BCUT2D eigenvalue weighted by atomic mass is 9.97. The summed E-state index contributed by atoms with van der Waals surface area (Å²) < 4.78 is 1.67. The number of carboxylic acids is 1. The minimum atomic E-state index is -1.27. The zero-order valence-corrected chi connectivity index (χ0v) is 11.3. The van der Waals surface area contributed by atoms with Crippen molar-refractivity contribution in [2.24, 2.45) is 7.05 Å². The van der Waals surface area contributed by atoms with Gasteiger partial charge in [-0.3, -0.25) is 0 Å². The smallest absolute Gasteiger partial charge is 0.329 e. The van der Waals surface area contributed by atoms with Gasteiger partial charge in [0, 0.05) is 7.05 Å². The van der Waals surface area contributed by atoms with Gasteiger partial charge in [0.25, 0.3) is 0 Å². The monoisotopic (exact) mass is 269 g/mol. The van der Waals surface area contributed by atoms with E-state index < -0.39 is 17.5 Å². The predicted molar refractivity (Wildman–Crippen MR) is 67.3 cm³/mol. The molecule has 0 radical (unpaired) electrons. The van der Waals surface area contributed by atoms with Crippen molar-refractivity contribution < 1.29 is 14.7 Å². The molecule has 1 rings (SSSR count). The lowest BCUT2D eigenvalue weighted by Gasteiger charge is -2.25. The van der Waals surface area contributed by atoms with Gasteiger partial charge >= 0.3 is 12.0 Å². The number of aryl methyl sites for hydroxylation is 1. The van der Waals surface area contributed by atoms with Gasteiger partial charge in [0.2, 0.25) is 0 Å². The van der Waals surface area contributed by atoms with Crippen molar-refractivity contribution in [1.29, 1.82) is 0 Å².